The maximum absolute atomic E-state index is 4.03. The standard InChI is InChI=1S/C11H12N.V/c1-9-5-6-11-10(8-9)4-3-7-12(11)2;/h5-6,8H,2-4H2,1H3;/q+1;. The Labute approximate surface area is 87.6 Å². The summed E-state index contributed by atoms with van der Waals surface area (Å²) in [4.78, 5) is 0. The molecule has 0 spiro atoms. The van der Waals surface area contributed by atoms with E-state index in [4.69, 9.17) is 0 Å². The summed E-state index contributed by atoms with van der Waals surface area (Å²) in [5, 5.41) is 0. The average molecular weight is 209 g/mol. The molecule has 1 aliphatic heterocycles. The summed E-state index contributed by atoms with van der Waals surface area (Å²) in [6, 6.07) is 6.56. The summed E-state index contributed by atoms with van der Waals surface area (Å²) in [7, 11) is 0. The molecule has 0 bridgehead atoms. The number of hydrogen-bond donors (Lipinski definition) is 0. The Balaban J connectivity index is 2.56. The first-order chi connectivity index (χ1) is 6.18. The number of aryl methyl sites for hydroxylation is 2. The van der Waals surface area contributed by atoms with Crippen molar-refractivity contribution >= 4 is 16.8 Å². The molecule has 0 aromatic heterocycles. The molecule has 65 valence electrons. The minimum atomic E-state index is 1.11. The van der Waals surface area contributed by atoms with Crippen molar-refractivity contribution in [2.45, 2.75) is 19.8 Å². The van der Waals surface area contributed by atoms with Crippen LogP contribution in [-0.2, 0) is 23.4 Å². The van der Waals surface area contributed by atoms with Gasteiger partial charge in [-0.05, 0) is 0 Å². The van der Waals surface area contributed by atoms with Gasteiger partial charge < -0.3 is 0 Å². The monoisotopic (exact) mass is 209 g/mol. The number of rotatable bonds is 0. The number of nitrogens with zero attached hydrogens (tertiary/aromatic N) is 1. The third-order valence-electron chi connectivity index (χ3n) is 2.46. The van der Waals surface area contributed by atoms with E-state index >= 15 is 0 Å². The van der Waals surface area contributed by atoms with E-state index in [1.54, 1.807) is 0 Å². The van der Waals surface area contributed by atoms with Crippen molar-refractivity contribution in [3.8, 4) is 0 Å². The summed E-state index contributed by atoms with van der Waals surface area (Å²) < 4.78 is 3.32. The van der Waals surface area contributed by atoms with Crippen molar-refractivity contribution in [3.63, 3.8) is 0 Å². The van der Waals surface area contributed by atoms with Crippen LogP contribution in [0.25, 0.3) is 0 Å². The molecule has 0 radical (unpaired) electrons. The van der Waals surface area contributed by atoms with Crippen LogP contribution in [0.15, 0.2) is 18.2 Å². The molecule has 2 heteroatoms. The molecular formula is C11H12NV+. The van der Waals surface area contributed by atoms with Crippen LogP contribution in [0, 0.1) is 6.92 Å². The van der Waals surface area contributed by atoms with Gasteiger partial charge in [0.2, 0.25) is 0 Å². The summed E-state index contributed by atoms with van der Waals surface area (Å²) in [6.45, 7) is 6.16. The van der Waals surface area contributed by atoms with E-state index in [9.17, 15) is 0 Å². The van der Waals surface area contributed by atoms with E-state index in [0.29, 0.717) is 0 Å². The Hall–Kier alpha value is -0.656. The predicted molar refractivity (Wildman–Crippen MR) is 51.5 cm³/mol. The van der Waals surface area contributed by atoms with Gasteiger partial charge in [-0.1, -0.05) is 0 Å². The Morgan fingerprint density at radius 3 is 2.92 bits per heavy atom. The van der Waals surface area contributed by atoms with Crippen LogP contribution in [0.3, 0.4) is 0 Å². The molecule has 0 N–H and O–H groups in total. The van der Waals surface area contributed by atoms with Gasteiger partial charge in [-0.25, -0.2) is 0 Å². The van der Waals surface area contributed by atoms with E-state index < -0.39 is 0 Å². The van der Waals surface area contributed by atoms with Crippen LogP contribution in [-0.4, -0.2) is 15.6 Å². The number of fused-ring (bicyclic) bond motifs is 1. The fourth-order valence-electron chi connectivity index (χ4n) is 1.70. The average Bonchev–Trinajstić information content (AvgIpc) is 2.12. The van der Waals surface area contributed by atoms with Crippen LogP contribution >= 0.6 is 0 Å². The second-order valence-corrected chi connectivity index (χ2v) is 4.28. The molecule has 0 unspecified atom stereocenters. The van der Waals surface area contributed by atoms with Crippen LogP contribution in [0.2, 0.25) is 0 Å². The molecule has 1 aromatic carbocycles. The van der Waals surface area contributed by atoms with E-state index in [1.807, 2.05) is 4.58 Å². The first-order valence-electron chi connectivity index (χ1n) is 4.43. The SMILES string of the molecule is C=[N+]1[C](=[V])CCc2cc(C)ccc21. The molecule has 0 atom stereocenters. The quantitative estimate of drug-likeness (QED) is 0.574. The predicted octanol–water partition coefficient (Wildman–Crippen LogP) is 1.96. The van der Waals surface area contributed by atoms with Crippen LogP contribution in [0.1, 0.15) is 17.5 Å². The second-order valence-electron chi connectivity index (χ2n) is 3.48. The molecule has 0 amide bonds. The van der Waals surface area contributed by atoms with Gasteiger partial charge in [0.15, 0.2) is 0 Å². The third kappa shape index (κ3) is 1.54. The van der Waals surface area contributed by atoms with Gasteiger partial charge in [0.05, 0.1) is 0 Å². The minimum absolute atomic E-state index is 1.11. The summed E-state index contributed by atoms with van der Waals surface area (Å²) in [6.07, 6.45) is 2.26. The number of hydrogen-bond acceptors (Lipinski definition) is 0. The molecule has 0 saturated carbocycles. The van der Waals surface area contributed by atoms with Crippen molar-refractivity contribution in [1.29, 1.82) is 0 Å². The molecule has 0 saturated heterocycles. The first kappa shape index (κ1) is 8.92. The molecular weight excluding hydrogens is 197 g/mol. The van der Waals surface area contributed by atoms with Crippen molar-refractivity contribution in [2.75, 3.05) is 0 Å². The Bertz CT molecular complexity index is 393. The van der Waals surface area contributed by atoms with Gasteiger partial charge in [-0.3, -0.25) is 0 Å². The normalized spacial score (nSPS) is 15.7. The van der Waals surface area contributed by atoms with Gasteiger partial charge in [-0.2, -0.15) is 0 Å². The van der Waals surface area contributed by atoms with Gasteiger partial charge >= 0.3 is 87.4 Å². The Morgan fingerprint density at radius 1 is 1.38 bits per heavy atom. The fourth-order valence-corrected chi connectivity index (χ4v) is 2.04. The van der Waals surface area contributed by atoms with E-state index in [1.165, 1.54) is 21.2 Å². The summed E-state index contributed by atoms with van der Waals surface area (Å²) in [5.41, 5.74) is 4.01. The molecule has 13 heavy (non-hydrogen) atoms. The second kappa shape index (κ2) is 3.24. The van der Waals surface area contributed by atoms with Crippen molar-refractivity contribution in [3.05, 3.63) is 29.3 Å². The third-order valence-corrected chi connectivity index (χ3v) is 3.18. The molecule has 1 aromatic rings. The zero-order valence-corrected chi connectivity index (χ0v) is 9.14. The van der Waals surface area contributed by atoms with E-state index in [2.05, 4.69) is 48.8 Å². The zero-order valence-electron chi connectivity index (χ0n) is 7.75. The summed E-state index contributed by atoms with van der Waals surface area (Å²) >= 11 is 2.61. The van der Waals surface area contributed by atoms with Crippen molar-refractivity contribution in [2.24, 2.45) is 0 Å². The molecule has 1 aliphatic rings. The molecule has 0 aliphatic carbocycles. The Kier molecular flexibility index (Phi) is 2.23. The maximum atomic E-state index is 4.03. The fraction of sp³-hybridized carbons (Fsp3) is 0.273. The van der Waals surface area contributed by atoms with Crippen LogP contribution < -0.4 is 0 Å². The van der Waals surface area contributed by atoms with Crippen molar-refractivity contribution in [1.82, 2.24) is 0 Å². The molecule has 1 nitrogen and oxygen atoms in total. The Morgan fingerprint density at radius 2 is 2.15 bits per heavy atom. The first-order valence-corrected chi connectivity index (χ1v) is 5.13. The van der Waals surface area contributed by atoms with Crippen LogP contribution in [0.4, 0.5) is 5.69 Å². The van der Waals surface area contributed by atoms with E-state index in [0.717, 1.165) is 12.8 Å². The van der Waals surface area contributed by atoms with Crippen molar-refractivity contribution < 1.29 is 21.6 Å². The molecule has 0 fully saturated rings. The molecule has 1 heterocycles. The topological polar surface area (TPSA) is 3.01 Å². The zero-order chi connectivity index (χ0) is 9.42. The van der Waals surface area contributed by atoms with Gasteiger partial charge in [0.25, 0.3) is 0 Å². The number of benzene rings is 1. The van der Waals surface area contributed by atoms with Gasteiger partial charge in [0, 0.05) is 0 Å². The van der Waals surface area contributed by atoms with E-state index in [-0.39, 0.29) is 0 Å². The molecule has 2 rings (SSSR count). The van der Waals surface area contributed by atoms with Gasteiger partial charge in [-0.15, -0.1) is 0 Å². The van der Waals surface area contributed by atoms with Gasteiger partial charge in [0.1, 0.15) is 0 Å². The van der Waals surface area contributed by atoms with Crippen LogP contribution in [0.5, 0.6) is 0 Å². The summed E-state index contributed by atoms with van der Waals surface area (Å²) in [5.74, 6) is 0.